The molecule has 9 heteroatoms. The zero-order valence-corrected chi connectivity index (χ0v) is 12.2. The van der Waals surface area contributed by atoms with Crippen molar-refractivity contribution in [2.75, 3.05) is 30.3 Å². The lowest BCUT2D eigenvalue weighted by molar-refractivity contribution is 0.436. The number of anilines is 1. The molecule has 0 amide bonds. The number of hydrogen-bond acceptors (Lipinski definition) is 5. The van der Waals surface area contributed by atoms with E-state index in [0.29, 0.717) is 17.2 Å². The molecule has 0 saturated carbocycles. The smallest absolute Gasteiger partial charge is 0.262 e. The molecular weight excluding hydrogens is 300 g/mol. The van der Waals surface area contributed by atoms with Crippen molar-refractivity contribution in [2.45, 2.75) is 5.03 Å². The fourth-order valence-corrected chi connectivity index (χ4v) is 5.14. The second-order valence-electron chi connectivity index (χ2n) is 4.48. The summed E-state index contributed by atoms with van der Waals surface area (Å²) >= 11 is 0. The summed E-state index contributed by atoms with van der Waals surface area (Å²) in [5, 5.41) is -0.0132. The highest BCUT2D eigenvalue weighted by atomic mass is 32.2. The van der Waals surface area contributed by atoms with E-state index in [-0.39, 0.29) is 23.9 Å². The molecule has 1 aliphatic rings. The first-order valence-corrected chi connectivity index (χ1v) is 9.00. The van der Waals surface area contributed by atoms with Gasteiger partial charge in [0.1, 0.15) is 5.65 Å². The first-order chi connectivity index (χ1) is 9.50. The Morgan fingerprint density at radius 3 is 2.65 bits per heavy atom. The number of rotatable bonds is 2. The van der Waals surface area contributed by atoms with Crippen LogP contribution in [0.4, 0.5) is 5.82 Å². The minimum atomic E-state index is -3.73. The molecule has 1 aliphatic heterocycles. The molecule has 2 aromatic rings. The third kappa shape index (κ3) is 2.11. The Labute approximate surface area is 118 Å². The summed E-state index contributed by atoms with van der Waals surface area (Å²) in [5.74, 6) is 0.703. The van der Waals surface area contributed by atoms with Crippen molar-refractivity contribution in [1.82, 2.24) is 13.7 Å². The van der Waals surface area contributed by atoms with Gasteiger partial charge in [0.25, 0.3) is 10.0 Å². The maximum absolute atomic E-state index is 12.7. The summed E-state index contributed by atoms with van der Waals surface area (Å²) in [6.07, 6.45) is 1.62. The first kappa shape index (κ1) is 13.5. The molecular formula is C11H14N4O3S2. The van der Waals surface area contributed by atoms with Crippen LogP contribution in [0.1, 0.15) is 0 Å². The van der Waals surface area contributed by atoms with Gasteiger partial charge in [-0.3, -0.25) is 8.61 Å². The van der Waals surface area contributed by atoms with Crippen LogP contribution in [0.2, 0.25) is 0 Å². The second kappa shape index (κ2) is 4.83. The number of aromatic nitrogens is 2. The Balaban J connectivity index is 2.10. The molecule has 3 rings (SSSR count). The highest BCUT2D eigenvalue weighted by molar-refractivity contribution is 7.89. The summed E-state index contributed by atoms with van der Waals surface area (Å²) in [7, 11) is -4.66. The number of hydrogen-bond donors (Lipinski definition) is 1. The molecule has 0 unspecified atom stereocenters. The lowest BCUT2D eigenvalue weighted by Gasteiger charge is -2.25. The van der Waals surface area contributed by atoms with Gasteiger partial charge in [-0.05, 0) is 12.1 Å². The first-order valence-electron chi connectivity index (χ1n) is 6.08. The SMILES string of the molecule is Nc1nc2ccccn2c1S(=O)(=O)N1CCS(=O)CC1. The van der Waals surface area contributed by atoms with Gasteiger partial charge in [0.15, 0.2) is 10.8 Å². The van der Waals surface area contributed by atoms with Gasteiger partial charge < -0.3 is 5.73 Å². The number of nitrogen functional groups attached to an aromatic ring is 1. The average molecular weight is 314 g/mol. The highest BCUT2D eigenvalue weighted by Gasteiger charge is 2.32. The predicted octanol–water partition coefficient (Wildman–Crippen LogP) is -0.331. The van der Waals surface area contributed by atoms with Crippen LogP contribution >= 0.6 is 0 Å². The van der Waals surface area contributed by atoms with E-state index >= 15 is 0 Å². The van der Waals surface area contributed by atoms with Gasteiger partial charge in [-0.2, -0.15) is 4.31 Å². The molecule has 1 saturated heterocycles. The molecule has 108 valence electrons. The van der Waals surface area contributed by atoms with E-state index in [1.165, 1.54) is 8.71 Å². The summed E-state index contributed by atoms with van der Waals surface area (Å²) in [5.41, 5.74) is 6.27. The Bertz CT molecular complexity index is 774. The fourth-order valence-electron chi connectivity index (χ4n) is 2.23. The lowest BCUT2D eigenvalue weighted by Crippen LogP contribution is -2.42. The van der Waals surface area contributed by atoms with Crippen molar-refractivity contribution >= 4 is 32.3 Å². The van der Waals surface area contributed by atoms with Crippen molar-refractivity contribution in [3.63, 3.8) is 0 Å². The number of imidazole rings is 1. The standard InChI is InChI=1S/C11H14N4O3S2/c12-10-11(15-4-2-1-3-9(15)13-10)20(17,18)14-5-7-19(16)8-6-14/h1-4H,5-8,12H2. The van der Waals surface area contributed by atoms with Gasteiger partial charge in [0.2, 0.25) is 0 Å². The maximum atomic E-state index is 12.7. The molecule has 0 spiro atoms. The third-order valence-corrected chi connectivity index (χ3v) is 6.45. The van der Waals surface area contributed by atoms with E-state index < -0.39 is 20.8 Å². The van der Waals surface area contributed by atoms with Crippen LogP contribution in [0.25, 0.3) is 5.65 Å². The van der Waals surface area contributed by atoms with Gasteiger partial charge in [-0.15, -0.1) is 0 Å². The van der Waals surface area contributed by atoms with Crippen molar-refractivity contribution in [3.8, 4) is 0 Å². The Kier molecular flexibility index (Phi) is 3.27. The number of nitrogens with two attached hydrogens (primary N) is 1. The molecule has 0 aromatic carbocycles. The quantitative estimate of drug-likeness (QED) is 0.818. The van der Waals surface area contributed by atoms with Crippen molar-refractivity contribution < 1.29 is 12.6 Å². The van der Waals surface area contributed by atoms with Crippen LogP contribution < -0.4 is 5.73 Å². The highest BCUT2D eigenvalue weighted by Crippen LogP contribution is 2.24. The van der Waals surface area contributed by atoms with Crippen molar-refractivity contribution in [3.05, 3.63) is 24.4 Å². The molecule has 2 aromatic heterocycles. The van der Waals surface area contributed by atoms with Crippen LogP contribution in [0.15, 0.2) is 29.4 Å². The Morgan fingerprint density at radius 2 is 1.95 bits per heavy atom. The van der Waals surface area contributed by atoms with E-state index in [1.807, 2.05) is 0 Å². The fraction of sp³-hybridized carbons (Fsp3) is 0.364. The van der Waals surface area contributed by atoms with E-state index in [0.717, 1.165) is 0 Å². The summed E-state index contributed by atoms with van der Waals surface area (Å²) in [4.78, 5) is 4.06. The zero-order chi connectivity index (χ0) is 14.3. The van der Waals surface area contributed by atoms with E-state index in [4.69, 9.17) is 5.73 Å². The number of nitrogens with zero attached hydrogens (tertiary/aromatic N) is 3. The molecule has 1 fully saturated rings. The minimum absolute atomic E-state index is 0.0112. The Hall–Kier alpha value is -1.45. The van der Waals surface area contributed by atoms with Crippen LogP contribution in [0.5, 0.6) is 0 Å². The maximum Gasteiger partial charge on any atom is 0.262 e. The molecule has 0 bridgehead atoms. The predicted molar refractivity (Wildman–Crippen MR) is 76.2 cm³/mol. The summed E-state index contributed by atoms with van der Waals surface area (Å²) in [6.45, 7) is 0.489. The van der Waals surface area contributed by atoms with E-state index in [2.05, 4.69) is 4.98 Å². The van der Waals surface area contributed by atoms with E-state index in [1.54, 1.807) is 24.4 Å². The molecule has 7 nitrogen and oxygen atoms in total. The largest absolute Gasteiger partial charge is 0.381 e. The minimum Gasteiger partial charge on any atom is -0.381 e. The molecule has 3 heterocycles. The normalized spacial score (nSPS) is 18.6. The molecule has 0 radical (unpaired) electrons. The summed E-state index contributed by atoms with van der Waals surface area (Å²) < 4.78 is 39.5. The molecule has 20 heavy (non-hydrogen) atoms. The van der Waals surface area contributed by atoms with Gasteiger partial charge >= 0.3 is 0 Å². The zero-order valence-electron chi connectivity index (χ0n) is 10.6. The van der Waals surface area contributed by atoms with Gasteiger partial charge in [0, 0.05) is 41.6 Å². The average Bonchev–Trinajstić information content (AvgIpc) is 2.75. The Morgan fingerprint density at radius 1 is 1.25 bits per heavy atom. The van der Waals surface area contributed by atoms with Crippen LogP contribution in [-0.2, 0) is 20.8 Å². The second-order valence-corrected chi connectivity index (χ2v) is 8.03. The molecule has 2 N–H and O–H groups in total. The van der Waals surface area contributed by atoms with Gasteiger partial charge in [-0.25, -0.2) is 13.4 Å². The molecule has 0 aliphatic carbocycles. The topological polar surface area (TPSA) is 97.8 Å². The summed E-state index contributed by atoms with van der Waals surface area (Å²) in [6, 6.07) is 5.18. The number of sulfonamides is 1. The van der Waals surface area contributed by atoms with E-state index in [9.17, 15) is 12.6 Å². The lowest BCUT2D eigenvalue weighted by atomic mass is 10.5. The van der Waals surface area contributed by atoms with Crippen molar-refractivity contribution in [1.29, 1.82) is 0 Å². The number of pyridine rings is 1. The van der Waals surface area contributed by atoms with Gasteiger partial charge in [0.05, 0.1) is 0 Å². The molecule has 0 atom stereocenters. The third-order valence-electron chi connectivity index (χ3n) is 3.23. The monoisotopic (exact) mass is 314 g/mol. The van der Waals surface area contributed by atoms with Crippen LogP contribution in [-0.4, -0.2) is 50.9 Å². The van der Waals surface area contributed by atoms with Crippen molar-refractivity contribution in [2.24, 2.45) is 0 Å². The van der Waals surface area contributed by atoms with Gasteiger partial charge in [-0.1, -0.05) is 6.07 Å². The number of fused-ring (bicyclic) bond motifs is 1. The van der Waals surface area contributed by atoms with Crippen LogP contribution in [0, 0.1) is 0 Å². The van der Waals surface area contributed by atoms with Crippen LogP contribution in [0.3, 0.4) is 0 Å².